The van der Waals surface area contributed by atoms with Crippen molar-refractivity contribution in [1.82, 2.24) is 15.2 Å². The number of carbonyl (C=O) groups excluding carboxylic acids is 2. The molecule has 0 fully saturated rings. The van der Waals surface area contributed by atoms with Crippen LogP contribution in [0.4, 0.5) is 5.69 Å². The van der Waals surface area contributed by atoms with Crippen molar-refractivity contribution in [3.05, 3.63) is 70.3 Å². The largest absolute Gasteiger partial charge is 0.499 e. The Morgan fingerprint density at radius 3 is 2.30 bits per heavy atom. The first-order chi connectivity index (χ1) is 21.3. The topological polar surface area (TPSA) is 95.7 Å². The molecule has 0 spiro atoms. The predicted octanol–water partition coefficient (Wildman–Crippen LogP) is 7.69. The third kappa shape index (κ3) is 11.1. The Kier molecular flexibility index (Phi) is 18.5. The molecular weight excluding hydrogens is 552 g/mol. The summed E-state index contributed by atoms with van der Waals surface area (Å²) < 4.78 is 10.5. The van der Waals surface area contributed by atoms with Gasteiger partial charge in [0, 0.05) is 30.6 Å². The Morgan fingerprint density at radius 1 is 1.00 bits per heavy atom. The van der Waals surface area contributed by atoms with Gasteiger partial charge in [-0.2, -0.15) is 0 Å². The average Bonchev–Trinajstić information content (AvgIpc) is 3.57. The van der Waals surface area contributed by atoms with E-state index in [0.717, 1.165) is 67.0 Å². The molecule has 1 aliphatic heterocycles. The van der Waals surface area contributed by atoms with E-state index >= 15 is 0 Å². The number of anilines is 1. The van der Waals surface area contributed by atoms with Crippen LogP contribution in [0.3, 0.4) is 0 Å². The number of rotatable bonds is 15. The van der Waals surface area contributed by atoms with Crippen LogP contribution in [-0.2, 0) is 14.3 Å². The number of benzene rings is 1. The van der Waals surface area contributed by atoms with E-state index in [9.17, 15) is 9.59 Å². The molecule has 3 rings (SSSR count). The number of allylic oxidation sites excluding steroid dienone is 3. The Labute approximate surface area is 266 Å². The summed E-state index contributed by atoms with van der Waals surface area (Å²) in [5, 5.41) is 6.04. The lowest BCUT2D eigenvalue weighted by Gasteiger charge is -2.20. The highest BCUT2D eigenvalue weighted by molar-refractivity contribution is 6.36. The number of nitrogens with zero attached hydrogens (tertiary/aromatic N) is 1. The number of H-pyrrole nitrogens is 1. The summed E-state index contributed by atoms with van der Waals surface area (Å²) in [5.74, 6) is 0.348. The SMILES string of the molecule is CC.CC.CCCN(CCC)CCCNC(=O)c1cc(C)[nH]c1/C=C1\C(=O)Nc2cccc(/C(C)=C/C=C(\COC)OC)c21. The Morgan fingerprint density at radius 2 is 1.68 bits per heavy atom. The highest BCUT2D eigenvalue weighted by atomic mass is 16.5. The molecule has 8 nitrogen and oxygen atoms in total. The normalized spacial score (nSPS) is 13.5. The standard InChI is InChI=1S/C32H44N4O4.2C2H6/c1-7-16-36(17-8-2)18-10-15-33-31(37)26-19-23(4)34-29(26)20-27-30-25(11-9-12-28(30)35-32(27)38)22(3)13-14-24(40-6)21-39-5;2*1-2/h9,11-14,19-20,34H,7-8,10,15-18,21H2,1-6H3,(H,33,37)(H,35,38);2*1-2H3/b22-13+,24-14+,27-20-;;. The minimum absolute atomic E-state index is 0.146. The van der Waals surface area contributed by atoms with E-state index in [-0.39, 0.29) is 11.8 Å². The van der Waals surface area contributed by atoms with Gasteiger partial charge in [0.25, 0.3) is 11.8 Å². The molecule has 2 heterocycles. The zero-order valence-corrected chi connectivity index (χ0v) is 28.8. The molecule has 1 aromatic carbocycles. The van der Waals surface area contributed by atoms with Crippen LogP contribution in [0.15, 0.2) is 42.2 Å². The highest BCUT2D eigenvalue weighted by Crippen LogP contribution is 2.38. The van der Waals surface area contributed by atoms with Crippen LogP contribution >= 0.6 is 0 Å². The van der Waals surface area contributed by atoms with Crippen LogP contribution in [0.5, 0.6) is 0 Å². The number of methoxy groups -OCH3 is 2. The molecule has 0 radical (unpaired) electrons. The lowest BCUT2D eigenvalue weighted by atomic mass is 9.94. The second-order valence-electron chi connectivity index (χ2n) is 10.1. The second kappa shape index (κ2) is 21.1. The molecule has 0 saturated heterocycles. The molecule has 1 aliphatic rings. The van der Waals surface area contributed by atoms with Gasteiger partial charge in [-0.25, -0.2) is 0 Å². The molecular formula is C36H56N4O4. The summed E-state index contributed by atoms with van der Waals surface area (Å²) in [6, 6.07) is 7.63. The average molecular weight is 609 g/mol. The molecule has 2 aromatic rings. The molecule has 3 N–H and O–H groups in total. The zero-order chi connectivity index (χ0) is 33.1. The fourth-order valence-electron chi connectivity index (χ4n) is 4.97. The summed E-state index contributed by atoms with van der Waals surface area (Å²) in [6.07, 6.45) is 8.74. The monoisotopic (exact) mass is 608 g/mol. The predicted molar refractivity (Wildman–Crippen MR) is 186 cm³/mol. The number of ether oxygens (including phenoxy) is 2. The number of aryl methyl sites for hydroxylation is 1. The number of aromatic nitrogens is 1. The Balaban J connectivity index is 0.00000232. The Hall–Kier alpha value is -3.62. The van der Waals surface area contributed by atoms with Gasteiger partial charge in [0.15, 0.2) is 0 Å². The minimum Gasteiger partial charge on any atom is -0.499 e. The first-order valence-electron chi connectivity index (χ1n) is 16.1. The minimum atomic E-state index is -0.201. The lowest BCUT2D eigenvalue weighted by Crippen LogP contribution is -2.31. The summed E-state index contributed by atoms with van der Waals surface area (Å²) >= 11 is 0. The number of aromatic amines is 1. The smallest absolute Gasteiger partial charge is 0.256 e. The molecule has 0 unspecified atom stereocenters. The maximum atomic E-state index is 13.2. The molecule has 0 saturated carbocycles. The number of fused-ring (bicyclic) bond motifs is 1. The third-order valence-electron chi connectivity index (χ3n) is 6.85. The van der Waals surface area contributed by atoms with E-state index < -0.39 is 0 Å². The number of nitrogens with one attached hydrogen (secondary N) is 3. The highest BCUT2D eigenvalue weighted by Gasteiger charge is 2.28. The zero-order valence-electron chi connectivity index (χ0n) is 28.8. The number of amides is 2. The van der Waals surface area contributed by atoms with Crippen molar-refractivity contribution in [2.75, 3.05) is 52.3 Å². The van der Waals surface area contributed by atoms with Crippen molar-refractivity contribution < 1.29 is 19.1 Å². The van der Waals surface area contributed by atoms with Crippen molar-refractivity contribution >= 4 is 34.7 Å². The molecule has 0 atom stereocenters. The van der Waals surface area contributed by atoms with E-state index in [1.165, 1.54) is 0 Å². The summed E-state index contributed by atoms with van der Waals surface area (Å²) in [4.78, 5) is 32.0. The fourth-order valence-corrected chi connectivity index (χ4v) is 4.97. The molecule has 44 heavy (non-hydrogen) atoms. The molecule has 8 heteroatoms. The van der Waals surface area contributed by atoms with E-state index in [4.69, 9.17) is 9.47 Å². The molecule has 0 bridgehead atoms. The Bertz CT molecular complexity index is 1270. The van der Waals surface area contributed by atoms with Crippen LogP contribution in [0, 0.1) is 6.92 Å². The van der Waals surface area contributed by atoms with Crippen LogP contribution in [0.25, 0.3) is 17.2 Å². The van der Waals surface area contributed by atoms with E-state index in [0.29, 0.717) is 35.7 Å². The van der Waals surface area contributed by atoms with Gasteiger partial charge >= 0.3 is 0 Å². The quantitative estimate of drug-likeness (QED) is 0.0834. The molecule has 2 amide bonds. The number of hydrogen-bond donors (Lipinski definition) is 3. The van der Waals surface area contributed by atoms with Crippen LogP contribution in [0.2, 0.25) is 0 Å². The first kappa shape index (κ1) is 38.4. The van der Waals surface area contributed by atoms with Crippen molar-refractivity contribution in [3.8, 4) is 0 Å². The van der Waals surface area contributed by atoms with Crippen molar-refractivity contribution in [2.45, 2.75) is 74.7 Å². The maximum Gasteiger partial charge on any atom is 0.256 e. The second-order valence-corrected chi connectivity index (χ2v) is 10.1. The number of carbonyl (C=O) groups is 2. The van der Waals surface area contributed by atoms with Crippen molar-refractivity contribution in [1.29, 1.82) is 0 Å². The van der Waals surface area contributed by atoms with Crippen LogP contribution < -0.4 is 10.6 Å². The lowest BCUT2D eigenvalue weighted by molar-refractivity contribution is -0.110. The van der Waals surface area contributed by atoms with Gasteiger partial charge in [0.05, 0.1) is 23.9 Å². The van der Waals surface area contributed by atoms with Gasteiger partial charge in [-0.1, -0.05) is 59.8 Å². The van der Waals surface area contributed by atoms with E-state index in [1.807, 2.05) is 78.0 Å². The first-order valence-corrected chi connectivity index (χ1v) is 16.1. The van der Waals surface area contributed by atoms with E-state index in [2.05, 4.69) is 34.4 Å². The van der Waals surface area contributed by atoms with Gasteiger partial charge in [0.1, 0.15) is 12.4 Å². The van der Waals surface area contributed by atoms with Crippen LogP contribution in [0.1, 0.15) is 101 Å². The van der Waals surface area contributed by atoms with Gasteiger partial charge in [-0.05, 0) is 88.2 Å². The van der Waals surface area contributed by atoms with Crippen molar-refractivity contribution in [3.63, 3.8) is 0 Å². The summed E-state index contributed by atoms with van der Waals surface area (Å²) in [5.41, 5.74) is 5.95. The van der Waals surface area contributed by atoms with Crippen molar-refractivity contribution in [2.24, 2.45) is 0 Å². The van der Waals surface area contributed by atoms with Gasteiger partial charge < -0.3 is 30.0 Å². The van der Waals surface area contributed by atoms with Crippen LogP contribution in [-0.4, -0.2) is 68.7 Å². The fraction of sp³-hybridized carbons (Fsp3) is 0.500. The molecule has 1 aromatic heterocycles. The van der Waals surface area contributed by atoms with Gasteiger partial charge in [0.2, 0.25) is 0 Å². The van der Waals surface area contributed by atoms with Gasteiger partial charge in [-0.15, -0.1) is 0 Å². The molecule has 244 valence electrons. The summed E-state index contributed by atoms with van der Waals surface area (Å²) in [6.45, 7) is 20.4. The molecule has 0 aliphatic carbocycles. The maximum absolute atomic E-state index is 13.2. The van der Waals surface area contributed by atoms with Gasteiger partial charge in [-0.3, -0.25) is 9.59 Å². The van der Waals surface area contributed by atoms with E-state index in [1.54, 1.807) is 20.3 Å². The summed E-state index contributed by atoms with van der Waals surface area (Å²) in [7, 11) is 3.23. The number of hydrogen-bond acceptors (Lipinski definition) is 5. The third-order valence-corrected chi connectivity index (χ3v) is 6.85.